The first-order valence-electron chi connectivity index (χ1n) is 6.53. The lowest BCUT2D eigenvalue weighted by Gasteiger charge is -2.07. The number of rotatable bonds is 3. The van der Waals surface area contributed by atoms with E-state index >= 15 is 0 Å². The second-order valence-electron chi connectivity index (χ2n) is 4.55. The van der Waals surface area contributed by atoms with Gasteiger partial charge < -0.3 is 4.74 Å². The molecule has 2 rings (SSSR count). The number of ether oxygens (including phenoxy) is 1. The molecular formula is C17H16O3. The molecule has 0 aromatic heterocycles. The van der Waals surface area contributed by atoms with Crippen LogP contribution < -0.4 is 0 Å². The van der Waals surface area contributed by atoms with E-state index in [0.29, 0.717) is 11.1 Å². The van der Waals surface area contributed by atoms with E-state index in [0.717, 1.165) is 17.5 Å². The fourth-order valence-corrected chi connectivity index (χ4v) is 1.88. The van der Waals surface area contributed by atoms with Crippen molar-refractivity contribution >= 4 is 11.9 Å². The van der Waals surface area contributed by atoms with Gasteiger partial charge in [0.25, 0.3) is 0 Å². The molecule has 20 heavy (non-hydrogen) atoms. The molecular weight excluding hydrogens is 252 g/mol. The first-order chi connectivity index (χ1) is 9.61. The highest BCUT2D eigenvalue weighted by molar-refractivity contribution is 6.03. The van der Waals surface area contributed by atoms with Gasteiger partial charge in [-0.15, -0.1) is 0 Å². The molecule has 0 radical (unpaired) electrons. The number of benzene rings is 2. The lowest BCUT2D eigenvalue weighted by atomic mass is 10.0. The van der Waals surface area contributed by atoms with Gasteiger partial charge in [-0.1, -0.05) is 37.3 Å². The third kappa shape index (κ3) is 3.12. The predicted octanol–water partition coefficient (Wildman–Crippen LogP) is 3.55. The van der Waals surface area contributed by atoms with Gasteiger partial charge >= 0.3 is 11.9 Å². The van der Waals surface area contributed by atoms with E-state index < -0.39 is 11.9 Å². The lowest BCUT2D eigenvalue weighted by molar-refractivity contribution is 0.0397. The van der Waals surface area contributed by atoms with E-state index in [1.165, 1.54) is 0 Å². The Kier molecular flexibility index (Phi) is 4.31. The molecule has 0 N–H and O–H groups in total. The SMILES string of the molecule is CCc1ccc(C)c(C(=O)OC(=O)c2ccccc2)c1. The van der Waals surface area contributed by atoms with Crippen molar-refractivity contribution in [1.29, 1.82) is 0 Å². The van der Waals surface area contributed by atoms with Crippen molar-refractivity contribution in [2.75, 3.05) is 0 Å². The minimum atomic E-state index is -0.628. The molecule has 0 unspecified atom stereocenters. The van der Waals surface area contributed by atoms with Gasteiger partial charge in [-0.2, -0.15) is 0 Å². The summed E-state index contributed by atoms with van der Waals surface area (Å²) in [6.45, 7) is 3.83. The molecule has 0 saturated carbocycles. The standard InChI is InChI=1S/C17H16O3/c1-3-13-10-9-12(2)15(11-13)17(19)20-16(18)14-7-5-4-6-8-14/h4-11H,3H2,1-2H3. The fourth-order valence-electron chi connectivity index (χ4n) is 1.88. The predicted molar refractivity (Wildman–Crippen MR) is 76.7 cm³/mol. The van der Waals surface area contributed by atoms with Crippen molar-refractivity contribution in [3.8, 4) is 0 Å². The van der Waals surface area contributed by atoms with Crippen molar-refractivity contribution in [3.63, 3.8) is 0 Å². The summed E-state index contributed by atoms with van der Waals surface area (Å²) in [5, 5.41) is 0. The van der Waals surface area contributed by atoms with E-state index in [2.05, 4.69) is 0 Å². The number of aryl methyl sites for hydroxylation is 2. The van der Waals surface area contributed by atoms with Crippen LogP contribution in [0.15, 0.2) is 48.5 Å². The van der Waals surface area contributed by atoms with Crippen molar-refractivity contribution in [3.05, 3.63) is 70.8 Å². The van der Waals surface area contributed by atoms with Crippen LogP contribution in [0, 0.1) is 6.92 Å². The molecule has 2 aromatic carbocycles. The Balaban J connectivity index is 2.18. The molecule has 0 spiro atoms. The van der Waals surface area contributed by atoms with Crippen LogP contribution in [0.1, 0.15) is 38.8 Å². The number of carbonyl (C=O) groups is 2. The van der Waals surface area contributed by atoms with E-state index in [4.69, 9.17) is 4.74 Å². The van der Waals surface area contributed by atoms with Crippen molar-refractivity contribution in [1.82, 2.24) is 0 Å². The molecule has 0 bridgehead atoms. The van der Waals surface area contributed by atoms with Gasteiger partial charge in [0.2, 0.25) is 0 Å². The second-order valence-corrected chi connectivity index (χ2v) is 4.55. The Labute approximate surface area is 118 Å². The summed E-state index contributed by atoms with van der Waals surface area (Å²) in [5.74, 6) is -1.23. The Morgan fingerprint density at radius 2 is 1.70 bits per heavy atom. The molecule has 3 heteroatoms. The van der Waals surface area contributed by atoms with E-state index in [9.17, 15) is 9.59 Å². The molecule has 0 aliphatic heterocycles. The topological polar surface area (TPSA) is 43.4 Å². The van der Waals surface area contributed by atoms with Crippen LogP contribution >= 0.6 is 0 Å². The Morgan fingerprint density at radius 1 is 1.00 bits per heavy atom. The molecule has 0 atom stereocenters. The molecule has 102 valence electrons. The maximum absolute atomic E-state index is 12.1. The first-order valence-corrected chi connectivity index (χ1v) is 6.53. The number of esters is 2. The molecule has 0 aliphatic rings. The summed E-state index contributed by atoms with van der Waals surface area (Å²) < 4.78 is 4.92. The smallest absolute Gasteiger partial charge is 0.346 e. The summed E-state index contributed by atoms with van der Waals surface area (Å²) in [4.78, 5) is 23.9. The molecule has 0 aliphatic carbocycles. The minimum Gasteiger partial charge on any atom is -0.386 e. The monoisotopic (exact) mass is 268 g/mol. The average molecular weight is 268 g/mol. The molecule has 0 heterocycles. The molecule has 2 aromatic rings. The zero-order valence-electron chi connectivity index (χ0n) is 11.6. The van der Waals surface area contributed by atoms with Gasteiger partial charge in [-0.25, -0.2) is 9.59 Å². The first kappa shape index (κ1) is 14.0. The molecule has 0 fully saturated rings. The third-order valence-electron chi connectivity index (χ3n) is 3.13. The quantitative estimate of drug-likeness (QED) is 0.631. The van der Waals surface area contributed by atoms with Crippen molar-refractivity contribution in [2.24, 2.45) is 0 Å². The highest BCUT2D eigenvalue weighted by Gasteiger charge is 2.16. The molecule has 0 amide bonds. The normalized spacial score (nSPS) is 10.1. The van der Waals surface area contributed by atoms with Gasteiger partial charge in [-0.3, -0.25) is 0 Å². The largest absolute Gasteiger partial charge is 0.386 e. The number of hydrogen-bond donors (Lipinski definition) is 0. The van der Waals surface area contributed by atoms with Gasteiger partial charge in [0.15, 0.2) is 0 Å². The van der Waals surface area contributed by atoms with Crippen LogP contribution in [0.5, 0.6) is 0 Å². The zero-order valence-corrected chi connectivity index (χ0v) is 11.6. The number of hydrogen-bond acceptors (Lipinski definition) is 3. The summed E-state index contributed by atoms with van der Waals surface area (Å²) in [5.41, 5.74) is 2.64. The Hall–Kier alpha value is -2.42. The minimum absolute atomic E-state index is 0.366. The number of carbonyl (C=O) groups excluding carboxylic acids is 2. The zero-order chi connectivity index (χ0) is 14.5. The molecule has 3 nitrogen and oxygen atoms in total. The van der Waals surface area contributed by atoms with E-state index in [-0.39, 0.29) is 0 Å². The summed E-state index contributed by atoms with van der Waals surface area (Å²) in [6.07, 6.45) is 0.827. The van der Waals surface area contributed by atoms with Crippen LogP contribution in [0.25, 0.3) is 0 Å². The Morgan fingerprint density at radius 3 is 2.35 bits per heavy atom. The van der Waals surface area contributed by atoms with Crippen LogP contribution in [-0.2, 0) is 11.2 Å². The van der Waals surface area contributed by atoms with Crippen LogP contribution in [0.2, 0.25) is 0 Å². The van der Waals surface area contributed by atoms with E-state index in [1.54, 1.807) is 36.4 Å². The highest BCUT2D eigenvalue weighted by atomic mass is 16.6. The van der Waals surface area contributed by atoms with Crippen LogP contribution in [0.3, 0.4) is 0 Å². The average Bonchev–Trinajstić information content (AvgIpc) is 2.48. The Bertz CT molecular complexity index is 630. The second kappa shape index (κ2) is 6.15. The third-order valence-corrected chi connectivity index (χ3v) is 3.13. The van der Waals surface area contributed by atoms with Gasteiger partial charge in [-0.05, 0) is 42.7 Å². The van der Waals surface area contributed by atoms with Crippen molar-refractivity contribution in [2.45, 2.75) is 20.3 Å². The summed E-state index contributed by atoms with van der Waals surface area (Å²) >= 11 is 0. The van der Waals surface area contributed by atoms with Gasteiger partial charge in [0.05, 0.1) is 11.1 Å². The highest BCUT2D eigenvalue weighted by Crippen LogP contribution is 2.14. The summed E-state index contributed by atoms with van der Waals surface area (Å²) in [6, 6.07) is 14.1. The van der Waals surface area contributed by atoms with Crippen LogP contribution in [-0.4, -0.2) is 11.9 Å². The summed E-state index contributed by atoms with van der Waals surface area (Å²) in [7, 11) is 0. The fraction of sp³-hybridized carbons (Fsp3) is 0.176. The van der Waals surface area contributed by atoms with E-state index in [1.807, 2.05) is 26.0 Å². The maximum atomic E-state index is 12.1. The lowest BCUT2D eigenvalue weighted by Crippen LogP contribution is -2.14. The van der Waals surface area contributed by atoms with Crippen molar-refractivity contribution < 1.29 is 14.3 Å². The molecule has 0 saturated heterocycles. The van der Waals surface area contributed by atoms with Gasteiger partial charge in [0.1, 0.15) is 0 Å². The maximum Gasteiger partial charge on any atom is 0.346 e. The van der Waals surface area contributed by atoms with Crippen LogP contribution in [0.4, 0.5) is 0 Å². The van der Waals surface area contributed by atoms with Gasteiger partial charge in [0, 0.05) is 0 Å².